The Morgan fingerprint density at radius 3 is 2.80 bits per heavy atom. The molecule has 2 atom stereocenters. The molecule has 10 heavy (non-hydrogen) atoms. The van der Waals surface area contributed by atoms with Crippen molar-refractivity contribution in [3.05, 3.63) is 0 Å². The van der Waals surface area contributed by atoms with E-state index in [4.69, 9.17) is 4.74 Å². The molecule has 2 heteroatoms. The maximum atomic E-state index is 9.71. The Bertz CT molecular complexity index is 110. The summed E-state index contributed by atoms with van der Waals surface area (Å²) < 4.78 is 5.17. The minimum atomic E-state index is -0.576. The molecular weight excluding hydrogens is 128 g/mol. The highest BCUT2D eigenvalue weighted by Gasteiger charge is 2.33. The van der Waals surface area contributed by atoms with Gasteiger partial charge in [0.1, 0.15) is 0 Å². The summed E-state index contributed by atoms with van der Waals surface area (Å²) in [7, 11) is 0. The van der Waals surface area contributed by atoms with Crippen LogP contribution in [0, 0.1) is 5.92 Å². The van der Waals surface area contributed by atoms with Gasteiger partial charge in [-0.05, 0) is 19.3 Å². The Kier molecular flexibility index (Phi) is 2.32. The molecule has 0 radical (unpaired) electrons. The topological polar surface area (TPSA) is 29.5 Å². The van der Waals surface area contributed by atoms with Gasteiger partial charge in [0, 0.05) is 6.61 Å². The fourth-order valence-electron chi connectivity index (χ4n) is 1.58. The monoisotopic (exact) mass is 144 g/mol. The molecule has 0 aromatic rings. The summed E-state index contributed by atoms with van der Waals surface area (Å²) in [5, 5.41) is 9.71. The first-order valence-corrected chi connectivity index (χ1v) is 3.97. The molecule has 60 valence electrons. The second kappa shape index (κ2) is 2.89. The standard InChI is InChI=1S/C8H16O2/c1-3-7-4-5-10-6-8(7,2)9/h7,9H,3-6H2,1-2H3. The average Bonchev–Trinajstić information content (AvgIpc) is 1.87. The van der Waals surface area contributed by atoms with E-state index in [1.54, 1.807) is 0 Å². The SMILES string of the molecule is CCC1CCOCC1(C)O. The molecule has 1 rings (SSSR count). The van der Waals surface area contributed by atoms with Crippen molar-refractivity contribution in [3.8, 4) is 0 Å². The summed E-state index contributed by atoms with van der Waals surface area (Å²) in [6, 6.07) is 0. The van der Waals surface area contributed by atoms with E-state index in [1.807, 2.05) is 6.92 Å². The van der Waals surface area contributed by atoms with Gasteiger partial charge < -0.3 is 9.84 Å². The highest BCUT2D eigenvalue weighted by molar-refractivity contribution is 4.83. The highest BCUT2D eigenvalue weighted by Crippen LogP contribution is 2.27. The molecule has 0 bridgehead atoms. The Labute approximate surface area is 62.2 Å². The van der Waals surface area contributed by atoms with Gasteiger partial charge in [0.05, 0.1) is 12.2 Å². The molecule has 1 aliphatic rings. The maximum Gasteiger partial charge on any atom is 0.0880 e. The molecule has 1 saturated heterocycles. The van der Waals surface area contributed by atoms with Crippen LogP contribution in [0.15, 0.2) is 0 Å². The third-order valence-corrected chi connectivity index (χ3v) is 2.38. The van der Waals surface area contributed by atoms with Crippen molar-refractivity contribution in [2.75, 3.05) is 13.2 Å². The molecule has 2 unspecified atom stereocenters. The second-order valence-electron chi connectivity index (χ2n) is 3.30. The average molecular weight is 144 g/mol. The van der Waals surface area contributed by atoms with Gasteiger partial charge in [0.15, 0.2) is 0 Å². The third-order valence-electron chi connectivity index (χ3n) is 2.38. The van der Waals surface area contributed by atoms with Crippen molar-refractivity contribution in [1.29, 1.82) is 0 Å². The number of aliphatic hydroxyl groups is 1. The number of hydrogen-bond donors (Lipinski definition) is 1. The van der Waals surface area contributed by atoms with Crippen LogP contribution in [0.1, 0.15) is 26.7 Å². The minimum absolute atomic E-state index is 0.432. The highest BCUT2D eigenvalue weighted by atomic mass is 16.5. The predicted molar refractivity (Wildman–Crippen MR) is 39.8 cm³/mol. The lowest BCUT2D eigenvalue weighted by Gasteiger charge is -2.36. The van der Waals surface area contributed by atoms with E-state index in [2.05, 4.69) is 6.92 Å². The van der Waals surface area contributed by atoms with E-state index >= 15 is 0 Å². The van der Waals surface area contributed by atoms with Gasteiger partial charge in [-0.25, -0.2) is 0 Å². The lowest BCUT2D eigenvalue weighted by atomic mass is 9.84. The lowest BCUT2D eigenvalue weighted by molar-refractivity contribution is -0.114. The van der Waals surface area contributed by atoms with Crippen LogP contribution in [0.5, 0.6) is 0 Å². The smallest absolute Gasteiger partial charge is 0.0880 e. The third kappa shape index (κ3) is 1.50. The van der Waals surface area contributed by atoms with Crippen LogP contribution in [0.3, 0.4) is 0 Å². The van der Waals surface area contributed by atoms with E-state index in [9.17, 15) is 5.11 Å². The van der Waals surface area contributed by atoms with Gasteiger partial charge in [0.25, 0.3) is 0 Å². The van der Waals surface area contributed by atoms with Crippen LogP contribution in [-0.4, -0.2) is 23.9 Å². The zero-order chi connectivity index (χ0) is 7.61. The number of ether oxygens (including phenoxy) is 1. The summed E-state index contributed by atoms with van der Waals surface area (Å²) >= 11 is 0. The van der Waals surface area contributed by atoms with Gasteiger partial charge in [0.2, 0.25) is 0 Å². The normalized spacial score (nSPS) is 41.7. The first-order chi connectivity index (χ1) is 4.67. The second-order valence-corrected chi connectivity index (χ2v) is 3.30. The first-order valence-electron chi connectivity index (χ1n) is 3.97. The van der Waals surface area contributed by atoms with Gasteiger partial charge in [-0.15, -0.1) is 0 Å². The van der Waals surface area contributed by atoms with Gasteiger partial charge in [-0.3, -0.25) is 0 Å². The summed E-state index contributed by atoms with van der Waals surface area (Å²) in [6.45, 7) is 5.30. The summed E-state index contributed by atoms with van der Waals surface area (Å²) in [4.78, 5) is 0. The molecule has 1 aliphatic heterocycles. The number of hydrogen-bond acceptors (Lipinski definition) is 2. The molecule has 0 aromatic heterocycles. The summed E-state index contributed by atoms with van der Waals surface area (Å²) in [5.74, 6) is 0.432. The molecule has 1 heterocycles. The molecule has 0 aromatic carbocycles. The quantitative estimate of drug-likeness (QED) is 0.599. The summed E-state index contributed by atoms with van der Waals surface area (Å²) in [5.41, 5.74) is -0.576. The fraction of sp³-hybridized carbons (Fsp3) is 1.00. The predicted octanol–water partition coefficient (Wildman–Crippen LogP) is 1.18. The Morgan fingerprint density at radius 2 is 2.40 bits per heavy atom. The van der Waals surface area contributed by atoms with Crippen molar-refractivity contribution in [1.82, 2.24) is 0 Å². The number of rotatable bonds is 1. The van der Waals surface area contributed by atoms with Crippen LogP contribution >= 0.6 is 0 Å². The van der Waals surface area contributed by atoms with Crippen LogP contribution in [0.2, 0.25) is 0 Å². The zero-order valence-electron chi connectivity index (χ0n) is 6.76. The van der Waals surface area contributed by atoms with E-state index in [-0.39, 0.29) is 0 Å². The van der Waals surface area contributed by atoms with Crippen LogP contribution in [0.25, 0.3) is 0 Å². The zero-order valence-corrected chi connectivity index (χ0v) is 6.76. The Hall–Kier alpha value is -0.0800. The Morgan fingerprint density at radius 1 is 1.70 bits per heavy atom. The van der Waals surface area contributed by atoms with Gasteiger partial charge in [-0.1, -0.05) is 13.3 Å². The van der Waals surface area contributed by atoms with E-state index in [1.165, 1.54) is 0 Å². The van der Waals surface area contributed by atoms with Crippen LogP contribution in [0.4, 0.5) is 0 Å². The Balaban J connectivity index is 2.51. The van der Waals surface area contributed by atoms with Crippen LogP contribution in [-0.2, 0) is 4.74 Å². The van der Waals surface area contributed by atoms with Crippen molar-refractivity contribution in [2.45, 2.75) is 32.3 Å². The molecular formula is C8H16O2. The summed E-state index contributed by atoms with van der Waals surface area (Å²) in [6.07, 6.45) is 2.06. The van der Waals surface area contributed by atoms with Crippen molar-refractivity contribution < 1.29 is 9.84 Å². The molecule has 0 spiro atoms. The molecule has 0 aliphatic carbocycles. The maximum absolute atomic E-state index is 9.71. The molecule has 1 N–H and O–H groups in total. The minimum Gasteiger partial charge on any atom is -0.387 e. The van der Waals surface area contributed by atoms with Gasteiger partial charge >= 0.3 is 0 Å². The van der Waals surface area contributed by atoms with Crippen molar-refractivity contribution in [2.24, 2.45) is 5.92 Å². The molecule has 2 nitrogen and oxygen atoms in total. The van der Waals surface area contributed by atoms with Crippen molar-refractivity contribution in [3.63, 3.8) is 0 Å². The lowest BCUT2D eigenvalue weighted by Crippen LogP contribution is -2.43. The largest absolute Gasteiger partial charge is 0.387 e. The van der Waals surface area contributed by atoms with E-state index in [0.29, 0.717) is 12.5 Å². The van der Waals surface area contributed by atoms with Gasteiger partial charge in [-0.2, -0.15) is 0 Å². The van der Waals surface area contributed by atoms with Crippen LogP contribution < -0.4 is 0 Å². The van der Waals surface area contributed by atoms with E-state index < -0.39 is 5.60 Å². The molecule has 1 fully saturated rings. The first kappa shape index (κ1) is 8.02. The van der Waals surface area contributed by atoms with Crippen molar-refractivity contribution >= 4 is 0 Å². The molecule has 0 amide bonds. The van der Waals surface area contributed by atoms with E-state index in [0.717, 1.165) is 19.4 Å². The fourth-order valence-corrected chi connectivity index (χ4v) is 1.58. The molecule has 0 saturated carbocycles.